The molecule has 0 nitrogen and oxygen atoms in total. The van der Waals surface area contributed by atoms with Gasteiger partial charge in [0.15, 0.2) is 0 Å². The van der Waals surface area contributed by atoms with Gasteiger partial charge in [-0.05, 0) is 0 Å². The predicted molar refractivity (Wildman–Crippen MR) is 97.6 cm³/mol. The second-order valence-electron chi connectivity index (χ2n) is 5.03. The summed E-state index contributed by atoms with van der Waals surface area (Å²) in [5.41, 5.74) is 0. The Hall–Kier alpha value is -0.950. The smallest absolute Gasteiger partial charge is 0.343 e. The Morgan fingerprint density at radius 2 is 1.05 bits per heavy atom. The Morgan fingerprint density at radius 3 is 1.36 bits per heavy atom. The summed E-state index contributed by atoms with van der Waals surface area (Å²) in [6.45, 7) is 11.4. The number of benzene rings is 2. The van der Waals surface area contributed by atoms with Gasteiger partial charge in [0.05, 0.1) is 0 Å². The number of fused-ring (bicyclic) bond motifs is 3. The Kier molecular flexibility index (Phi) is 12.0. The van der Waals surface area contributed by atoms with Gasteiger partial charge in [0.1, 0.15) is 0 Å². The van der Waals surface area contributed by atoms with Gasteiger partial charge in [0.2, 0.25) is 0 Å². The molecule has 0 aliphatic carbocycles. The third-order valence-electron chi connectivity index (χ3n) is 3.23. The Balaban J connectivity index is 0.000000420. The van der Waals surface area contributed by atoms with Crippen molar-refractivity contribution in [2.45, 2.75) is 39.5 Å². The molecular formula is C21H27Nb. The van der Waals surface area contributed by atoms with Crippen LogP contribution in [0.4, 0.5) is 0 Å². The normalized spacial score (nSPS) is 9.27. The molecule has 0 aromatic heterocycles. The summed E-state index contributed by atoms with van der Waals surface area (Å²) in [7, 11) is 0. The van der Waals surface area contributed by atoms with Gasteiger partial charge in [-0.25, -0.2) is 0 Å². The van der Waals surface area contributed by atoms with Crippen molar-refractivity contribution < 1.29 is 22.4 Å². The summed E-state index contributed by atoms with van der Waals surface area (Å²) in [4.78, 5) is 0. The van der Waals surface area contributed by atoms with Crippen LogP contribution in [-0.2, 0) is 22.4 Å². The molecule has 0 aliphatic heterocycles. The zero-order valence-electron chi connectivity index (χ0n) is 13.9. The van der Waals surface area contributed by atoms with Gasteiger partial charge < -0.3 is 13.8 Å². The van der Waals surface area contributed by atoms with Crippen LogP contribution in [0.5, 0.6) is 0 Å². The first-order valence-corrected chi connectivity index (χ1v) is 7.90. The average Bonchev–Trinajstić information content (AvgIpc) is 2.94. The monoisotopic (exact) mass is 372 g/mol. The Labute approximate surface area is 151 Å². The molecule has 0 saturated carbocycles. The molecule has 1 heteroatoms. The second kappa shape index (κ2) is 12.6. The topological polar surface area (TPSA) is 0 Å². The molecule has 0 fully saturated rings. The molecule has 0 atom stereocenters. The van der Waals surface area contributed by atoms with Crippen molar-refractivity contribution in [3.05, 3.63) is 68.4 Å². The molecule has 0 saturated heterocycles. The van der Waals surface area contributed by atoms with Gasteiger partial charge in [-0.15, -0.1) is 39.7 Å². The Bertz CT molecular complexity index is 563. The molecule has 0 radical (unpaired) electrons. The van der Waals surface area contributed by atoms with Crippen LogP contribution < -0.4 is 0 Å². The van der Waals surface area contributed by atoms with Crippen molar-refractivity contribution in [1.82, 2.24) is 0 Å². The summed E-state index contributed by atoms with van der Waals surface area (Å²) >= 11 is 0. The van der Waals surface area contributed by atoms with Crippen LogP contribution in [0.1, 0.15) is 39.5 Å². The molecule has 0 amide bonds. The average molecular weight is 372 g/mol. The summed E-state index contributed by atoms with van der Waals surface area (Å²) < 4.78 is 0. The molecule has 3 aromatic carbocycles. The first kappa shape index (κ1) is 21.1. The van der Waals surface area contributed by atoms with E-state index in [4.69, 9.17) is 0 Å². The molecule has 3 aromatic rings. The predicted octanol–water partition coefficient (Wildman–Crippen LogP) is 6.95. The summed E-state index contributed by atoms with van der Waals surface area (Å²) in [6, 6.07) is 19.3. The maximum absolute atomic E-state index is 3.60. The first-order valence-electron chi connectivity index (χ1n) is 7.90. The number of rotatable bonds is 2. The van der Waals surface area contributed by atoms with E-state index in [1.807, 2.05) is 0 Å². The molecule has 116 valence electrons. The maximum atomic E-state index is 3.60. The van der Waals surface area contributed by atoms with Gasteiger partial charge in [-0.3, -0.25) is 0 Å². The van der Waals surface area contributed by atoms with Gasteiger partial charge >= 0.3 is 22.4 Å². The van der Waals surface area contributed by atoms with E-state index in [-0.39, 0.29) is 22.4 Å². The first-order chi connectivity index (χ1) is 10.3. The van der Waals surface area contributed by atoms with Gasteiger partial charge in [-0.1, -0.05) is 63.1 Å². The van der Waals surface area contributed by atoms with Crippen LogP contribution in [0, 0.1) is 13.8 Å². The fourth-order valence-electron chi connectivity index (χ4n) is 1.90. The molecule has 0 N–H and O–H groups in total. The minimum Gasteiger partial charge on any atom is -0.343 e. The van der Waals surface area contributed by atoms with Crippen molar-refractivity contribution >= 4 is 21.5 Å². The van der Waals surface area contributed by atoms with E-state index < -0.39 is 0 Å². The third-order valence-corrected chi connectivity index (χ3v) is 3.23. The maximum Gasteiger partial charge on any atom is 3.00 e. The van der Waals surface area contributed by atoms with Crippen molar-refractivity contribution in [2.24, 2.45) is 0 Å². The summed E-state index contributed by atoms with van der Waals surface area (Å²) in [5, 5.41) is 5.39. The SMILES string of the molecule is [CH2-]CCC.[CH2-]CCC.[Nb+3].c1ccc2c(c1)[cH-]c1ccccc12. The van der Waals surface area contributed by atoms with Crippen LogP contribution in [0.2, 0.25) is 0 Å². The van der Waals surface area contributed by atoms with Crippen molar-refractivity contribution in [3.8, 4) is 0 Å². The van der Waals surface area contributed by atoms with Crippen LogP contribution in [-0.4, -0.2) is 0 Å². The van der Waals surface area contributed by atoms with Crippen LogP contribution in [0.15, 0.2) is 54.6 Å². The third kappa shape index (κ3) is 6.44. The second-order valence-corrected chi connectivity index (χ2v) is 5.03. The van der Waals surface area contributed by atoms with Crippen molar-refractivity contribution in [2.75, 3.05) is 0 Å². The molecule has 0 unspecified atom stereocenters. The number of hydrogen-bond acceptors (Lipinski definition) is 0. The van der Waals surface area contributed by atoms with Crippen molar-refractivity contribution in [3.63, 3.8) is 0 Å². The molecule has 0 aliphatic rings. The van der Waals surface area contributed by atoms with E-state index in [0.29, 0.717) is 0 Å². The van der Waals surface area contributed by atoms with E-state index in [9.17, 15) is 0 Å². The van der Waals surface area contributed by atoms with Crippen LogP contribution in [0.3, 0.4) is 0 Å². The summed E-state index contributed by atoms with van der Waals surface area (Å²) in [6.07, 6.45) is 4.56. The molecule has 0 spiro atoms. The number of unbranched alkanes of at least 4 members (excludes halogenated alkanes) is 2. The molecule has 0 heterocycles. The zero-order chi connectivity index (χ0) is 15.5. The molecular weight excluding hydrogens is 345 g/mol. The fraction of sp³-hybridized carbons (Fsp3) is 0.286. The minimum atomic E-state index is 0. The fourth-order valence-corrected chi connectivity index (χ4v) is 1.90. The quantitative estimate of drug-likeness (QED) is 0.337. The molecule has 22 heavy (non-hydrogen) atoms. The summed E-state index contributed by atoms with van der Waals surface area (Å²) in [5.74, 6) is 0. The van der Waals surface area contributed by atoms with E-state index in [1.54, 1.807) is 0 Å². The van der Waals surface area contributed by atoms with Crippen molar-refractivity contribution in [1.29, 1.82) is 0 Å². The van der Waals surface area contributed by atoms with Crippen LogP contribution in [0.25, 0.3) is 21.5 Å². The van der Waals surface area contributed by atoms with E-state index in [1.165, 1.54) is 34.4 Å². The largest absolute Gasteiger partial charge is 3.00 e. The number of hydrogen-bond donors (Lipinski definition) is 0. The van der Waals surface area contributed by atoms with Gasteiger partial charge in [0.25, 0.3) is 0 Å². The minimum absolute atomic E-state index is 0. The van der Waals surface area contributed by atoms with E-state index in [2.05, 4.69) is 82.3 Å². The van der Waals surface area contributed by atoms with Crippen LogP contribution >= 0.6 is 0 Å². The zero-order valence-corrected chi connectivity index (χ0v) is 16.1. The van der Waals surface area contributed by atoms with Gasteiger partial charge in [0, 0.05) is 0 Å². The molecule has 0 bridgehead atoms. The Morgan fingerprint density at radius 1 is 0.727 bits per heavy atom. The van der Waals surface area contributed by atoms with E-state index >= 15 is 0 Å². The standard InChI is InChI=1S/C13H9.2C4H9.Nb/c1-3-7-12-10(5-1)9-11-6-2-4-8-13(11)12;2*1-3-4-2;/h1-9H;2*1,3-4H2,2H3;/q3*-1;+3. The van der Waals surface area contributed by atoms with Gasteiger partial charge in [-0.2, -0.15) is 12.8 Å². The van der Waals surface area contributed by atoms with E-state index in [0.717, 1.165) is 12.8 Å². The molecule has 3 rings (SSSR count).